The highest BCUT2D eigenvalue weighted by Gasteiger charge is 2.52. The van der Waals surface area contributed by atoms with Gasteiger partial charge in [-0.15, -0.1) is 0 Å². The van der Waals surface area contributed by atoms with Gasteiger partial charge in [0.05, 0.1) is 23.8 Å². The lowest BCUT2D eigenvalue weighted by Gasteiger charge is -2.47. The minimum absolute atomic E-state index is 0.00797. The highest BCUT2D eigenvalue weighted by molar-refractivity contribution is 5.97. The lowest BCUT2D eigenvalue weighted by molar-refractivity contribution is -0.122. The van der Waals surface area contributed by atoms with Crippen molar-refractivity contribution in [3.8, 4) is 11.3 Å². The van der Waals surface area contributed by atoms with Gasteiger partial charge in [0.2, 0.25) is 5.91 Å². The molecule has 28 heavy (non-hydrogen) atoms. The van der Waals surface area contributed by atoms with Crippen molar-refractivity contribution in [1.82, 2.24) is 14.9 Å². The van der Waals surface area contributed by atoms with Gasteiger partial charge in [0.25, 0.3) is 0 Å². The number of fused-ring (bicyclic) bond motifs is 5. The van der Waals surface area contributed by atoms with Crippen molar-refractivity contribution in [3.05, 3.63) is 78.2 Å². The molecule has 2 aliphatic rings. The van der Waals surface area contributed by atoms with Gasteiger partial charge < -0.3 is 9.88 Å². The Hall–Kier alpha value is -3.21. The lowest BCUT2D eigenvalue weighted by Crippen LogP contribution is -2.55. The molecule has 0 saturated heterocycles. The number of aromatic nitrogens is 2. The molecule has 1 saturated carbocycles. The van der Waals surface area contributed by atoms with Gasteiger partial charge in [-0.25, -0.2) is 4.98 Å². The predicted octanol–water partition coefficient (Wildman–Crippen LogP) is 3.55. The minimum Gasteiger partial charge on any atom is -0.353 e. The summed E-state index contributed by atoms with van der Waals surface area (Å²) >= 11 is 0. The molecule has 0 radical (unpaired) electrons. The zero-order valence-corrected chi connectivity index (χ0v) is 15.5. The molecule has 140 valence electrons. The third-order valence-corrected chi connectivity index (χ3v) is 6.01. The topological polar surface area (TPSA) is 64.0 Å². The second kappa shape index (κ2) is 6.44. The average molecular weight is 371 g/mol. The molecule has 5 rings (SSSR count). The maximum atomic E-state index is 12.3. The first kappa shape index (κ1) is 16.9. The Balaban J connectivity index is 1.21. The van der Waals surface area contributed by atoms with Gasteiger partial charge in [-0.1, -0.05) is 54.6 Å². The normalized spacial score (nSPS) is 21.6. The van der Waals surface area contributed by atoms with Crippen LogP contribution in [0.2, 0.25) is 0 Å². The van der Waals surface area contributed by atoms with E-state index in [0.29, 0.717) is 5.56 Å². The van der Waals surface area contributed by atoms with Crippen molar-refractivity contribution >= 4 is 11.7 Å². The van der Waals surface area contributed by atoms with E-state index < -0.39 is 0 Å². The second-order valence-electron chi connectivity index (χ2n) is 7.69. The highest BCUT2D eigenvalue weighted by Crippen LogP contribution is 2.54. The Labute approximate surface area is 163 Å². The van der Waals surface area contributed by atoms with E-state index in [1.807, 2.05) is 30.7 Å². The lowest BCUT2D eigenvalue weighted by atomic mass is 9.68. The number of hydrogen-bond donors (Lipinski definition) is 1. The number of rotatable bonds is 5. The van der Waals surface area contributed by atoms with Gasteiger partial charge >= 0.3 is 0 Å². The Morgan fingerprint density at radius 2 is 1.79 bits per heavy atom. The number of nitrogens with one attached hydrogen (secondary N) is 1. The number of Topliss-reactive ketones (excluding diaryl/α,β-unsaturated/α-hetero) is 1. The van der Waals surface area contributed by atoms with Crippen molar-refractivity contribution in [1.29, 1.82) is 0 Å². The Morgan fingerprint density at radius 3 is 2.61 bits per heavy atom. The van der Waals surface area contributed by atoms with Crippen LogP contribution >= 0.6 is 0 Å². The molecule has 1 spiro atoms. The number of carbonyl (C=O) groups is 2. The molecule has 5 heteroatoms. The summed E-state index contributed by atoms with van der Waals surface area (Å²) in [6.45, 7) is 0. The highest BCUT2D eigenvalue weighted by atomic mass is 16.2. The summed E-state index contributed by atoms with van der Waals surface area (Å²) in [5.41, 5.74) is 4.26. The van der Waals surface area contributed by atoms with Crippen LogP contribution in [0.1, 0.15) is 41.6 Å². The number of amides is 1. The standard InChI is InChI=1S/C23H21N3O2/c27-21(16-6-2-1-3-7-16)10-11-22(28)25-17-12-23(13-17)19-9-5-4-8-18(19)20-14-24-15-26(20)23/h1-9,14-15,17H,10-13H2,(H,25,28). The van der Waals surface area contributed by atoms with E-state index in [2.05, 4.69) is 39.1 Å². The van der Waals surface area contributed by atoms with Gasteiger partial charge in [0.15, 0.2) is 5.78 Å². The molecule has 1 aliphatic carbocycles. The number of hydrogen-bond acceptors (Lipinski definition) is 3. The zero-order valence-electron chi connectivity index (χ0n) is 15.5. The van der Waals surface area contributed by atoms with Crippen molar-refractivity contribution < 1.29 is 9.59 Å². The van der Waals surface area contributed by atoms with E-state index in [4.69, 9.17) is 0 Å². The van der Waals surface area contributed by atoms with Crippen LogP contribution in [0.4, 0.5) is 0 Å². The van der Waals surface area contributed by atoms with Crippen LogP contribution in [0.5, 0.6) is 0 Å². The van der Waals surface area contributed by atoms with E-state index in [1.54, 1.807) is 12.1 Å². The zero-order chi connectivity index (χ0) is 19.1. The summed E-state index contributed by atoms with van der Waals surface area (Å²) in [5, 5.41) is 3.10. The molecule has 3 aromatic rings. The van der Waals surface area contributed by atoms with Crippen molar-refractivity contribution in [2.45, 2.75) is 37.3 Å². The van der Waals surface area contributed by atoms with E-state index in [9.17, 15) is 9.59 Å². The van der Waals surface area contributed by atoms with Crippen LogP contribution in [-0.4, -0.2) is 27.3 Å². The van der Waals surface area contributed by atoms with E-state index in [1.165, 1.54) is 11.1 Å². The van der Waals surface area contributed by atoms with Crippen LogP contribution in [-0.2, 0) is 10.3 Å². The Kier molecular flexibility index (Phi) is 3.90. The van der Waals surface area contributed by atoms with Crippen molar-refractivity contribution in [2.75, 3.05) is 0 Å². The average Bonchev–Trinajstić information content (AvgIpc) is 3.28. The molecule has 0 bridgehead atoms. The summed E-state index contributed by atoms with van der Waals surface area (Å²) < 4.78 is 2.25. The smallest absolute Gasteiger partial charge is 0.220 e. The van der Waals surface area contributed by atoms with E-state index >= 15 is 0 Å². The molecule has 2 heterocycles. The summed E-state index contributed by atoms with van der Waals surface area (Å²) in [6.07, 6.45) is 5.98. The molecule has 1 aliphatic heterocycles. The molecular weight excluding hydrogens is 350 g/mol. The van der Waals surface area contributed by atoms with Crippen LogP contribution < -0.4 is 5.32 Å². The fourth-order valence-corrected chi connectivity index (χ4v) is 4.65. The summed E-state index contributed by atoms with van der Waals surface area (Å²) in [4.78, 5) is 28.8. The maximum absolute atomic E-state index is 12.3. The van der Waals surface area contributed by atoms with Gasteiger partial charge in [-0.3, -0.25) is 9.59 Å². The number of benzene rings is 2. The second-order valence-corrected chi connectivity index (χ2v) is 7.69. The fraction of sp³-hybridized carbons (Fsp3) is 0.261. The number of carbonyl (C=O) groups excluding carboxylic acids is 2. The number of ketones is 1. The summed E-state index contributed by atoms with van der Waals surface area (Å²) in [5.74, 6) is -0.0464. The Bertz CT molecular complexity index is 1050. The molecule has 1 amide bonds. The molecular formula is C23H21N3O2. The molecule has 0 atom stereocenters. The number of nitrogens with zero attached hydrogens (tertiary/aromatic N) is 2. The molecule has 5 nitrogen and oxygen atoms in total. The molecule has 0 unspecified atom stereocenters. The SMILES string of the molecule is O=C(CCC(=O)c1ccccc1)NC1CC2(C1)c1ccccc1-c1cncn12. The van der Waals surface area contributed by atoms with Gasteiger partial charge in [-0.2, -0.15) is 0 Å². The van der Waals surface area contributed by atoms with Gasteiger partial charge in [0, 0.05) is 30.0 Å². The molecule has 1 N–H and O–H groups in total. The maximum Gasteiger partial charge on any atom is 0.220 e. The first-order chi connectivity index (χ1) is 13.7. The largest absolute Gasteiger partial charge is 0.353 e. The third-order valence-electron chi connectivity index (χ3n) is 6.01. The predicted molar refractivity (Wildman–Crippen MR) is 106 cm³/mol. The van der Waals surface area contributed by atoms with Crippen molar-refractivity contribution in [2.24, 2.45) is 0 Å². The van der Waals surface area contributed by atoms with Gasteiger partial charge in [-0.05, 0) is 18.4 Å². The van der Waals surface area contributed by atoms with E-state index in [0.717, 1.165) is 18.5 Å². The van der Waals surface area contributed by atoms with Crippen LogP contribution in [0.25, 0.3) is 11.3 Å². The summed E-state index contributed by atoms with van der Waals surface area (Å²) in [6, 6.07) is 17.7. The van der Waals surface area contributed by atoms with Gasteiger partial charge in [0.1, 0.15) is 0 Å². The first-order valence-corrected chi connectivity index (χ1v) is 9.68. The van der Waals surface area contributed by atoms with Crippen LogP contribution in [0, 0.1) is 0 Å². The third kappa shape index (κ3) is 2.58. The van der Waals surface area contributed by atoms with Crippen LogP contribution in [0.15, 0.2) is 67.1 Å². The Morgan fingerprint density at radius 1 is 1.04 bits per heavy atom. The quantitative estimate of drug-likeness (QED) is 0.698. The fourth-order valence-electron chi connectivity index (χ4n) is 4.65. The van der Waals surface area contributed by atoms with Crippen LogP contribution in [0.3, 0.4) is 0 Å². The molecule has 1 aromatic heterocycles. The van der Waals surface area contributed by atoms with E-state index in [-0.39, 0.29) is 36.1 Å². The monoisotopic (exact) mass is 371 g/mol. The molecule has 1 fully saturated rings. The first-order valence-electron chi connectivity index (χ1n) is 9.68. The van der Waals surface area contributed by atoms with Crippen molar-refractivity contribution in [3.63, 3.8) is 0 Å². The summed E-state index contributed by atoms with van der Waals surface area (Å²) in [7, 11) is 0. The molecule has 2 aromatic carbocycles. The number of imidazole rings is 1. The minimum atomic E-state index is -0.0970.